The molecule has 59 heavy (non-hydrogen) atoms. The van der Waals surface area contributed by atoms with Gasteiger partial charge >= 0.3 is 23.9 Å². The van der Waals surface area contributed by atoms with Crippen LogP contribution in [0.3, 0.4) is 0 Å². The van der Waals surface area contributed by atoms with E-state index in [4.69, 9.17) is 9.47 Å². The molecule has 0 spiro atoms. The molecule has 7 N–H and O–H groups in total. The molecule has 0 radical (unpaired) electrons. The maximum absolute atomic E-state index is 12.9. The average Bonchev–Trinajstić information content (AvgIpc) is 3.22. The molecule has 14 heteroatoms. The molecule has 0 aliphatic rings. The maximum atomic E-state index is 12.9. The van der Waals surface area contributed by atoms with Gasteiger partial charge in [0.1, 0.15) is 23.0 Å². The predicted molar refractivity (Wildman–Crippen MR) is 213 cm³/mol. The topological polar surface area (TPSA) is 229 Å². The Balaban J connectivity index is 1.07. The van der Waals surface area contributed by atoms with Crippen LogP contribution < -0.4 is 20.3 Å². The van der Waals surface area contributed by atoms with Crippen molar-refractivity contribution in [2.75, 3.05) is 5.32 Å². The first-order valence-electron chi connectivity index (χ1n) is 17.8. The van der Waals surface area contributed by atoms with E-state index < -0.39 is 41.2 Å². The number of aromatic carboxylic acids is 4. The summed E-state index contributed by atoms with van der Waals surface area (Å²) in [5.74, 6) is -3.87. The quantitative estimate of drug-likeness (QED) is 0.0483. The lowest BCUT2D eigenvalue weighted by Gasteiger charge is -2.26. The van der Waals surface area contributed by atoms with E-state index in [0.29, 0.717) is 34.2 Å². The molecule has 0 saturated carbocycles. The van der Waals surface area contributed by atoms with Crippen LogP contribution in [0.2, 0.25) is 0 Å². The van der Waals surface area contributed by atoms with Crippen molar-refractivity contribution >= 4 is 35.5 Å². The molecule has 0 aliphatic heterocycles. The molecule has 0 fully saturated rings. The summed E-state index contributed by atoms with van der Waals surface area (Å²) < 4.78 is 12.1. The van der Waals surface area contributed by atoms with Crippen molar-refractivity contribution in [2.24, 2.45) is 0 Å². The van der Waals surface area contributed by atoms with Gasteiger partial charge in [0.25, 0.3) is 5.91 Å². The van der Waals surface area contributed by atoms with Crippen LogP contribution in [0.1, 0.15) is 93.9 Å². The number of hydrogen-bond acceptors (Lipinski definition) is 9. The Hall–Kier alpha value is -7.81. The van der Waals surface area contributed by atoms with Crippen molar-refractivity contribution in [3.63, 3.8) is 0 Å². The molecule has 1 unspecified atom stereocenters. The maximum Gasteiger partial charge on any atom is 0.336 e. The van der Waals surface area contributed by atoms with Crippen molar-refractivity contribution in [3.05, 3.63) is 184 Å². The molecule has 6 rings (SSSR count). The SMILES string of the molecule is CC(C)(c1ccc(Oc2ccc(NC(=O)c3cc(C(=O)O)ccc3C(=O)O)cc2)cc1)c1ccc(Oc2ccc(C(NO)c3cc(C(=O)O)ccc3C(=O)O)cc2)cc1. The van der Waals surface area contributed by atoms with E-state index in [2.05, 4.69) is 24.6 Å². The Bertz CT molecular complexity index is 2550. The lowest BCUT2D eigenvalue weighted by Crippen LogP contribution is -2.21. The molecule has 0 bridgehead atoms. The number of carboxylic acid groups (broad SMARTS) is 4. The van der Waals surface area contributed by atoms with Crippen LogP contribution in [0, 0.1) is 0 Å². The van der Waals surface area contributed by atoms with Crippen LogP contribution in [-0.4, -0.2) is 55.4 Å². The number of hydroxylamine groups is 1. The number of ether oxygens (including phenoxy) is 2. The zero-order chi connectivity index (χ0) is 42.4. The highest BCUT2D eigenvalue weighted by Crippen LogP contribution is 2.35. The molecular formula is C45H36N2O12. The fraction of sp³-hybridized carbons (Fsp3) is 0.0889. The molecule has 0 heterocycles. The minimum Gasteiger partial charge on any atom is -0.478 e. The largest absolute Gasteiger partial charge is 0.478 e. The summed E-state index contributed by atoms with van der Waals surface area (Å²) in [6.07, 6.45) is 0. The van der Waals surface area contributed by atoms with Crippen molar-refractivity contribution in [2.45, 2.75) is 25.3 Å². The van der Waals surface area contributed by atoms with Gasteiger partial charge in [-0.3, -0.25) is 4.79 Å². The van der Waals surface area contributed by atoms with Gasteiger partial charge in [0.15, 0.2) is 0 Å². The summed E-state index contributed by atoms with van der Waals surface area (Å²) in [5.41, 5.74) is 3.46. The van der Waals surface area contributed by atoms with Crippen LogP contribution >= 0.6 is 0 Å². The molecule has 14 nitrogen and oxygen atoms in total. The third-order valence-electron chi connectivity index (χ3n) is 9.66. The minimum atomic E-state index is -1.37. The molecule has 6 aromatic rings. The third kappa shape index (κ3) is 9.26. The average molecular weight is 797 g/mol. The van der Waals surface area contributed by atoms with E-state index in [1.807, 2.05) is 48.5 Å². The Morgan fingerprint density at radius 1 is 0.508 bits per heavy atom. The van der Waals surface area contributed by atoms with E-state index in [-0.39, 0.29) is 33.4 Å². The summed E-state index contributed by atoms with van der Waals surface area (Å²) in [5, 5.41) is 50.3. The summed E-state index contributed by atoms with van der Waals surface area (Å²) in [6, 6.07) is 33.9. The molecule has 6 aromatic carbocycles. The number of carboxylic acids is 4. The van der Waals surface area contributed by atoms with Gasteiger partial charge in [0, 0.05) is 11.1 Å². The Kier molecular flexibility index (Phi) is 11.9. The van der Waals surface area contributed by atoms with Crippen molar-refractivity contribution < 1.29 is 59.1 Å². The van der Waals surface area contributed by atoms with E-state index in [9.17, 15) is 49.6 Å². The first-order chi connectivity index (χ1) is 28.1. The van der Waals surface area contributed by atoms with Crippen molar-refractivity contribution in [1.29, 1.82) is 0 Å². The Morgan fingerprint density at radius 2 is 0.932 bits per heavy atom. The summed E-state index contributed by atoms with van der Waals surface area (Å²) in [6.45, 7) is 4.16. The molecule has 0 saturated heterocycles. The predicted octanol–water partition coefficient (Wildman–Crippen LogP) is 8.71. The molecule has 1 atom stereocenters. The van der Waals surface area contributed by atoms with Crippen LogP contribution in [0.25, 0.3) is 0 Å². The second-order valence-electron chi connectivity index (χ2n) is 13.8. The van der Waals surface area contributed by atoms with Crippen LogP contribution in [0.5, 0.6) is 23.0 Å². The van der Waals surface area contributed by atoms with Crippen LogP contribution in [0.15, 0.2) is 133 Å². The van der Waals surface area contributed by atoms with Crippen LogP contribution in [-0.2, 0) is 5.41 Å². The molecule has 298 valence electrons. The normalized spacial score (nSPS) is 11.6. The monoisotopic (exact) mass is 796 g/mol. The minimum absolute atomic E-state index is 0.0786. The summed E-state index contributed by atoms with van der Waals surface area (Å²) >= 11 is 0. The number of rotatable bonds is 15. The second kappa shape index (κ2) is 17.1. The van der Waals surface area contributed by atoms with Gasteiger partial charge < -0.3 is 40.4 Å². The van der Waals surface area contributed by atoms with E-state index in [0.717, 1.165) is 29.3 Å². The lowest BCUT2D eigenvalue weighted by atomic mass is 9.78. The second-order valence-corrected chi connectivity index (χ2v) is 13.8. The number of amides is 1. The summed E-state index contributed by atoms with van der Waals surface area (Å²) in [7, 11) is 0. The van der Waals surface area contributed by atoms with Gasteiger partial charge in [-0.05, 0) is 119 Å². The van der Waals surface area contributed by atoms with Crippen molar-refractivity contribution in [1.82, 2.24) is 5.48 Å². The number of hydrogen-bond donors (Lipinski definition) is 7. The van der Waals surface area contributed by atoms with Gasteiger partial charge in [-0.15, -0.1) is 0 Å². The Labute approximate surface area is 336 Å². The fourth-order valence-electron chi connectivity index (χ4n) is 6.36. The number of carbonyl (C=O) groups is 5. The highest BCUT2D eigenvalue weighted by Gasteiger charge is 2.25. The molecule has 1 amide bonds. The van der Waals surface area contributed by atoms with Gasteiger partial charge in [-0.25, -0.2) is 19.2 Å². The Morgan fingerprint density at radius 3 is 1.37 bits per heavy atom. The standard InChI is InChI=1S/C45H36N2O12/c1-45(2,28-7-15-32(16-8-28)58-31-13-3-25(4-14-31)39(47-57)37-23-26(41(49)50)5-21-35(37)43(53)54)29-9-17-33(18-10-29)59-34-19-11-30(12-20-34)46-40(48)38-24-27(42(51)52)6-22-36(38)44(55)56/h3-24,39,47,57H,1-2H3,(H,46,48)(H,49,50)(H,51,52)(H,53,54)(H,55,56). The number of benzene rings is 6. The molecule has 0 aliphatic carbocycles. The van der Waals surface area contributed by atoms with Gasteiger partial charge in [0.2, 0.25) is 0 Å². The lowest BCUT2D eigenvalue weighted by molar-refractivity contribution is 0.0677. The highest BCUT2D eigenvalue weighted by molar-refractivity contribution is 6.11. The van der Waals surface area contributed by atoms with Gasteiger partial charge in [-0.1, -0.05) is 50.2 Å². The number of nitrogens with one attached hydrogen (secondary N) is 2. The zero-order valence-electron chi connectivity index (χ0n) is 31.4. The van der Waals surface area contributed by atoms with Gasteiger partial charge in [0.05, 0.1) is 33.9 Å². The zero-order valence-corrected chi connectivity index (χ0v) is 31.4. The van der Waals surface area contributed by atoms with Crippen molar-refractivity contribution in [3.8, 4) is 23.0 Å². The highest BCUT2D eigenvalue weighted by atomic mass is 16.5. The first kappa shape index (κ1) is 40.8. The third-order valence-corrected chi connectivity index (χ3v) is 9.66. The first-order valence-corrected chi connectivity index (χ1v) is 17.8. The molecular weight excluding hydrogens is 760 g/mol. The van der Waals surface area contributed by atoms with E-state index in [1.165, 1.54) is 18.2 Å². The van der Waals surface area contributed by atoms with E-state index >= 15 is 0 Å². The number of carbonyl (C=O) groups excluding carboxylic acids is 1. The van der Waals surface area contributed by atoms with Gasteiger partial charge in [-0.2, -0.15) is 5.48 Å². The summed E-state index contributed by atoms with van der Waals surface area (Å²) in [4.78, 5) is 59.2. The van der Waals surface area contributed by atoms with Crippen LogP contribution in [0.4, 0.5) is 5.69 Å². The smallest absolute Gasteiger partial charge is 0.336 e. The molecule has 0 aromatic heterocycles. The fourth-order valence-corrected chi connectivity index (χ4v) is 6.36. The van der Waals surface area contributed by atoms with E-state index in [1.54, 1.807) is 48.5 Å². The number of anilines is 1.